The highest BCUT2D eigenvalue weighted by molar-refractivity contribution is 5.28. The van der Waals surface area contributed by atoms with Crippen LogP contribution in [0.25, 0.3) is 0 Å². The molecule has 2 heteroatoms. The molecule has 1 atom stereocenters. The maximum atomic E-state index is 5.86. The summed E-state index contributed by atoms with van der Waals surface area (Å²) >= 11 is 0. The molecule has 0 radical (unpaired) electrons. The summed E-state index contributed by atoms with van der Waals surface area (Å²) in [5, 5.41) is 0. The molecule has 0 amide bonds. The zero-order valence-electron chi connectivity index (χ0n) is 12.3. The van der Waals surface area contributed by atoms with Crippen LogP contribution in [0.15, 0.2) is 24.3 Å². The number of hydrogen-bond donors (Lipinski definition) is 0. The van der Waals surface area contributed by atoms with E-state index in [2.05, 4.69) is 52.0 Å². The van der Waals surface area contributed by atoms with Crippen LogP contribution in [0.2, 0.25) is 0 Å². The van der Waals surface area contributed by atoms with Crippen LogP contribution >= 0.6 is 0 Å². The van der Waals surface area contributed by atoms with Crippen LogP contribution in [-0.2, 0) is 15.1 Å². The van der Waals surface area contributed by atoms with E-state index in [9.17, 15) is 0 Å². The Morgan fingerprint density at radius 1 is 1.11 bits per heavy atom. The smallest absolute Gasteiger partial charge is 0.0876 e. The van der Waals surface area contributed by atoms with Gasteiger partial charge in [-0.05, 0) is 37.3 Å². The van der Waals surface area contributed by atoms with E-state index in [0.717, 1.165) is 0 Å². The summed E-state index contributed by atoms with van der Waals surface area (Å²) in [7, 11) is 1.69. The topological polar surface area (TPSA) is 18.5 Å². The lowest BCUT2D eigenvalue weighted by atomic mass is 9.93. The van der Waals surface area contributed by atoms with Crippen molar-refractivity contribution < 1.29 is 9.47 Å². The van der Waals surface area contributed by atoms with Gasteiger partial charge in [-0.2, -0.15) is 0 Å². The highest BCUT2D eigenvalue weighted by atomic mass is 16.5. The first-order chi connectivity index (χ1) is 8.51. The fourth-order valence-electron chi connectivity index (χ4n) is 1.91. The maximum absolute atomic E-state index is 5.86. The van der Waals surface area contributed by atoms with E-state index in [1.165, 1.54) is 17.5 Å². The van der Waals surface area contributed by atoms with Gasteiger partial charge in [0.2, 0.25) is 0 Å². The lowest BCUT2D eigenvalue weighted by Gasteiger charge is -2.26. The fraction of sp³-hybridized carbons (Fsp3) is 0.625. The standard InChI is InChI=1S/C16H26O2/c1-6-13(2)14-7-9-15(10-8-14)16(3,4)18-12-11-17-5/h7-10,13H,6,11-12H2,1-5H3. The van der Waals surface area contributed by atoms with Crippen molar-refractivity contribution in [2.75, 3.05) is 20.3 Å². The summed E-state index contributed by atoms with van der Waals surface area (Å²) in [6.45, 7) is 9.93. The predicted octanol–water partition coefficient (Wildman–Crippen LogP) is 4.10. The van der Waals surface area contributed by atoms with Gasteiger partial charge < -0.3 is 9.47 Å². The van der Waals surface area contributed by atoms with Crippen LogP contribution in [0.1, 0.15) is 51.2 Å². The molecule has 0 heterocycles. The maximum Gasteiger partial charge on any atom is 0.0876 e. The SMILES string of the molecule is CCC(C)c1ccc(C(C)(C)OCCOC)cc1. The second kappa shape index (κ2) is 6.91. The molecule has 2 nitrogen and oxygen atoms in total. The van der Waals surface area contributed by atoms with Crippen LogP contribution in [0.3, 0.4) is 0 Å². The molecule has 102 valence electrons. The third kappa shape index (κ3) is 4.11. The second-order valence-electron chi connectivity index (χ2n) is 5.28. The van der Waals surface area contributed by atoms with Crippen LogP contribution in [0.5, 0.6) is 0 Å². The molecule has 0 aliphatic heterocycles. The van der Waals surface area contributed by atoms with Crippen molar-refractivity contribution in [2.45, 2.75) is 45.6 Å². The number of methoxy groups -OCH3 is 1. The zero-order chi connectivity index (χ0) is 13.6. The number of hydrogen-bond acceptors (Lipinski definition) is 2. The largest absolute Gasteiger partial charge is 0.382 e. The lowest BCUT2D eigenvalue weighted by Crippen LogP contribution is -2.23. The van der Waals surface area contributed by atoms with Crippen LogP contribution in [-0.4, -0.2) is 20.3 Å². The molecule has 1 aromatic rings. The minimum absolute atomic E-state index is 0.257. The normalized spacial score (nSPS) is 13.6. The van der Waals surface area contributed by atoms with Crippen molar-refractivity contribution in [1.82, 2.24) is 0 Å². The van der Waals surface area contributed by atoms with E-state index in [1.807, 2.05) is 0 Å². The van der Waals surface area contributed by atoms with Gasteiger partial charge in [-0.1, -0.05) is 38.1 Å². The first-order valence-corrected chi connectivity index (χ1v) is 6.74. The number of rotatable bonds is 7. The Morgan fingerprint density at radius 3 is 2.22 bits per heavy atom. The molecule has 1 rings (SSSR count). The summed E-state index contributed by atoms with van der Waals surface area (Å²) < 4.78 is 10.9. The Morgan fingerprint density at radius 2 is 1.72 bits per heavy atom. The fourth-order valence-corrected chi connectivity index (χ4v) is 1.91. The van der Waals surface area contributed by atoms with Gasteiger partial charge >= 0.3 is 0 Å². The number of ether oxygens (including phenoxy) is 2. The molecule has 1 unspecified atom stereocenters. The van der Waals surface area contributed by atoms with Crippen LogP contribution in [0, 0.1) is 0 Å². The average molecular weight is 250 g/mol. The van der Waals surface area contributed by atoms with Crippen LogP contribution < -0.4 is 0 Å². The molecule has 0 aromatic heterocycles. The molecular formula is C16H26O2. The zero-order valence-corrected chi connectivity index (χ0v) is 12.3. The minimum Gasteiger partial charge on any atom is -0.382 e. The first kappa shape index (κ1) is 15.2. The van der Waals surface area contributed by atoms with Crippen molar-refractivity contribution >= 4 is 0 Å². The summed E-state index contributed by atoms with van der Waals surface area (Å²) in [5.41, 5.74) is 2.35. The summed E-state index contributed by atoms with van der Waals surface area (Å²) in [6.07, 6.45) is 1.17. The van der Waals surface area contributed by atoms with Crippen molar-refractivity contribution in [3.8, 4) is 0 Å². The van der Waals surface area contributed by atoms with Crippen molar-refractivity contribution in [2.24, 2.45) is 0 Å². The van der Waals surface area contributed by atoms with Gasteiger partial charge in [0.05, 0.1) is 18.8 Å². The molecule has 0 saturated carbocycles. The third-order valence-electron chi connectivity index (χ3n) is 3.54. The molecule has 0 saturated heterocycles. The quantitative estimate of drug-likeness (QED) is 0.678. The highest BCUT2D eigenvalue weighted by Crippen LogP contribution is 2.27. The molecular weight excluding hydrogens is 224 g/mol. The van der Waals surface area contributed by atoms with Crippen LogP contribution in [0.4, 0.5) is 0 Å². The average Bonchev–Trinajstić information content (AvgIpc) is 2.38. The monoisotopic (exact) mass is 250 g/mol. The van der Waals surface area contributed by atoms with E-state index >= 15 is 0 Å². The van der Waals surface area contributed by atoms with Crippen molar-refractivity contribution in [1.29, 1.82) is 0 Å². The predicted molar refractivity (Wildman–Crippen MR) is 76.0 cm³/mol. The van der Waals surface area contributed by atoms with Gasteiger partial charge in [-0.3, -0.25) is 0 Å². The summed E-state index contributed by atoms with van der Waals surface area (Å²) in [6, 6.07) is 8.78. The molecule has 0 aliphatic carbocycles. The first-order valence-electron chi connectivity index (χ1n) is 6.74. The van der Waals surface area contributed by atoms with E-state index in [4.69, 9.17) is 9.47 Å². The highest BCUT2D eigenvalue weighted by Gasteiger charge is 2.21. The molecule has 0 N–H and O–H groups in total. The molecule has 0 bridgehead atoms. The van der Waals surface area contributed by atoms with E-state index in [0.29, 0.717) is 19.1 Å². The molecule has 0 fully saturated rings. The van der Waals surface area contributed by atoms with Gasteiger partial charge in [0, 0.05) is 7.11 Å². The Hall–Kier alpha value is -0.860. The van der Waals surface area contributed by atoms with Gasteiger partial charge in [0.25, 0.3) is 0 Å². The molecule has 0 spiro atoms. The lowest BCUT2D eigenvalue weighted by molar-refractivity contribution is -0.0431. The second-order valence-corrected chi connectivity index (χ2v) is 5.28. The Kier molecular flexibility index (Phi) is 5.83. The summed E-state index contributed by atoms with van der Waals surface area (Å²) in [4.78, 5) is 0. The van der Waals surface area contributed by atoms with Gasteiger partial charge in [-0.25, -0.2) is 0 Å². The van der Waals surface area contributed by atoms with E-state index < -0.39 is 0 Å². The molecule has 0 aliphatic rings. The van der Waals surface area contributed by atoms with E-state index in [-0.39, 0.29) is 5.60 Å². The van der Waals surface area contributed by atoms with Gasteiger partial charge in [-0.15, -0.1) is 0 Å². The third-order valence-corrected chi connectivity index (χ3v) is 3.54. The Labute approximate surface area is 111 Å². The number of benzene rings is 1. The van der Waals surface area contributed by atoms with E-state index in [1.54, 1.807) is 7.11 Å². The van der Waals surface area contributed by atoms with Gasteiger partial charge in [0.1, 0.15) is 0 Å². The van der Waals surface area contributed by atoms with Crippen molar-refractivity contribution in [3.63, 3.8) is 0 Å². The minimum atomic E-state index is -0.257. The summed E-state index contributed by atoms with van der Waals surface area (Å²) in [5.74, 6) is 0.622. The van der Waals surface area contributed by atoms with Gasteiger partial charge in [0.15, 0.2) is 0 Å². The Balaban J connectivity index is 2.71. The Bertz CT molecular complexity index is 341. The molecule has 18 heavy (non-hydrogen) atoms. The molecule has 1 aromatic carbocycles. The van der Waals surface area contributed by atoms with Crippen molar-refractivity contribution in [3.05, 3.63) is 35.4 Å².